The van der Waals surface area contributed by atoms with E-state index in [0.29, 0.717) is 0 Å². The smallest absolute Gasteiger partial charge is 0.269 e. The maximum absolute atomic E-state index is 10.9. The zero-order valence-electron chi connectivity index (χ0n) is 12.1. The number of benzene rings is 2. The van der Waals surface area contributed by atoms with E-state index in [1.165, 1.54) is 6.07 Å². The molecule has 0 bridgehead atoms. The number of ether oxygens (including phenoxy) is 1. The van der Waals surface area contributed by atoms with Gasteiger partial charge >= 0.3 is 0 Å². The Morgan fingerprint density at radius 1 is 1.19 bits per heavy atom. The molecule has 0 aliphatic heterocycles. The number of anilines is 1. The summed E-state index contributed by atoms with van der Waals surface area (Å²) in [6, 6.07) is 12.5. The summed E-state index contributed by atoms with van der Waals surface area (Å²) in [5.41, 5.74) is 2.85. The Labute approximate surface area is 123 Å². The number of nitro groups is 1. The molecular weight excluding hydrogens is 268 g/mol. The third-order valence-corrected chi connectivity index (χ3v) is 3.08. The van der Waals surface area contributed by atoms with Crippen molar-refractivity contribution >= 4 is 11.4 Å². The lowest BCUT2D eigenvalue weighted by atomic mass is 10.1. The average Bonchev–Trinajstić information content (AvgIpc) is 2.48. The molecular formula is C16H18N2O3. The molecule has 21 heavy (non-hydrogen) atoms. The standard InChI is InChI=1S/C16H18N2O3/c1-3-17-16-9-6-14(18(19)20)10-13(16)11-21-15-7-4-12(2)5-8-15/h4-10,17H,3,11H2,1-2H3. The second kappa shape index (κ2) is 6.74. The van der Waals surface area contributed by atoms with E-state index in [1.807, 2.05) is 38.1 Å². The molecule has 0 radical (unpaired) electrons. The fourth-order valence-corrected chi connectivity index (χ4v) is 1.97. The van der Waals surface area contributed by atoms with Crippen LogP contribution in [0.5, 0.6) is 5.75 Å². The quantitative estimate of drug-likeness (QED) is 0.646. The number of hydrogen-bond acceptors (Lipinski definition) is 4. The predicted molar refractivity (Wildman–Crippen MR) is 82.8 cm³/mol. The van der Waals surface area contributed by atoms with E-state index in [-0.39, 0.29) is 12.3 Å². The first kappa shape index (κ1) is 14.8. The Bertz CT molecular complexity index is 624. The van der Waals surface area contributed by atoms with Crippen molar-refractivity contribution in [3.05, 3.63) is 63.7 Å². The van der Waals surface area contributed by atoms with Gasteiger partial charge in [0.1, 0.15) is 12.4 Å². The van der Waals surface area contributed by atoms with Gasteiger partial charge in [-0.05, 0) is 32.0 Å². The minimum absolute atomic E-state index is 0.0687. The Morgan fingerprint density at radius 2 is 1.90 bits per heavy atom. The maximum atomic E-state index is 10.9. The molecule has 0 saturated carbocycles. The molecule has 0 aromatic heterocycles. The molecule has 5 nitrogen and oxygen atoms in total. The normalized spacial score (nSPS) is 10.2. The highest BCUT2D eigenvalue weighted by molar-refractivity contribution is 5.56. The van der Waals surface area contributed by atoms with E-state index in [2.05, 4.69) is 5.32 Å². The van der Waals surface area contributed by atoms with E-state index >= 15 is 0 Å². The fourth-order valence-electron chi connectivity index (χ4n) is 1.97. The van der Waals surface area contributed by atoms with Crippen LogP contribution in [-0.4, -0.2) is 11.5 Å². The first-order valence-corrected chi connectivity index (χ1v) is 6.81. The van der Waals surface area contributed by atoms with Crippen molar-refractivity contribution in [1.29, 1.82) is 0 Å². The van der Waals surface area contributed by atoms with Crippen LogP contribution in [0.4, 0.5) is 11.4 Å². The van der Waals surface area contributed by atoms with Gasteiger partial charge in [0, 0.05) is 29.9 Å². The SMILES string of the molecule is CCNc1ccc([N+](=O)[O-])cc1COc1ccc(C)cc1. The lowest BCUT2D eigenvalue weighted by molar-refractivity contribution is -0.384. The molecule has 0 saturated heterocycles. The minimum atomic E-state index is -0.398. The summed E-state index contributed by atoms with van der Waals surface area (Å²) in [4.78, 5) is 10.5. The van der Waals surface area contributed by atoms with Crippen LogP contribution in [0.1, 0.15) is 18.1 Å². The topological polar surface area (TPSA) is 64.4 Å². The number of rotatable bonds is 6. The second-order valence-electron chi connectivity index (χ2n) is 4.73. The average molecular weight is 286 g/mol. The van der Waals surface area contributed by atoms with Crippen molar-refractivity contribution in [2.24, 2.45) is 0 Å². The van der Waals surface area contributed by atoms with Crippen LogP contribution in [0.3, 0.4) is 0 Å². The van der Waals surface area contributed by atoms with E-state index in [4.69, 9.17) is 4.74 Å². The van der Waals surface area contributed by atoms with Crippen LogP contribution in [0.15, 0.2) is 42.5 Å². The predicted octanol–water partition coefficient (Wildman–Crippen LogP) is 3.91. The van der Waals surface area contributed by atoms with Crippen LogP contribution in [0, 0.1) is 17.0 Å². The minimum Gasteiger partial charge on any atom is -0.489 e. The third kappa shape index (κ3) is 3.95. The molecule has 0 fully saturated rings. The lowest BCUT2D eigenvalue weighted by Crippen LogP contribution is -2.04. The molecule has 0 unspecified atom stereocenters. The summed E-state index contributed by atoms with van der Waals surface area (Å²) < 4.78 is 5.71. The first-order valence-electron chi connectivity index (χ1n) is 6.81. The van der Waals surface area contributed by atoms with Crippen LogP contribution in [0.2, 0.25) is 0 Å². The summed E-state index contributed by atoms with van der Waals surface area (Å²) in [7, 11) is 0. The van der Waals surface area contributed by atoms with Crippen molar-refractivity contribution in [2.45, 2.75) is 20.5 Å². The van der Waals surface area contributed by atoms with Gasteiger partial charge in [-0.2, -0.15) is 0 Å². The van der Waals surface area contributed by atoms with E-state index in [0.717, 1.165) is 29.1 Å². The molecule has 1 N–H and O–H groups in total. The summed E-state index contributed by atoms with van der Waals surface area (Å²) in [6.07, 6.45) is 0. The lowest BCUT2D eigenvalue weighted by Gasteiger charge is -2.12. The van der Waals surface area contributed by atoms with Gasteiger partial charge in [0.15, 0.2) is 0 Å². The highest BCUT2D eigenvalue weighted by atomic mass is 16.6. The van der Waals surface area contributed by atoms with Gasteiger partial charge in [0.2, 0.25) is 0 Å². The van der Waals surface area contributed by atoms with Gasteiger partial charge in [0.05, 0.1) is 4.92 Å². The zero-order valence-corrected chi connectivity index (χ0v) is 12.1. The Morgan fingerprint density at radius 3 is 2.52 bits per heavy atom. The van der Waals surface area contributed by atoms with Crippen molar-refractivity contribution in [3.8, 4) is 5.75 Å². The van der Waals surface area contributed by atoms with Gasteiger partial charge in [-0.3, -0.25) is 10.1 Å². The van der Waals surface area contributed by atoms with E-state index < -0.39 is 4.92 Å². The van der Waals surface area contributed by atoms with Crippen molar-refractivity contribution < 1.29 is 9.66 Å². The van der Waals surface area contributed by atoms with Crippen molar-refractivity contribution in [1.82, 2.24) is 0 Å². The molecule has 2 rings (SSSR count). The second-order valence-corrected chi connectivity index (χ2v) is 4.73. The number of non-ortho nitro benzene ring substituents is 1. The largest absolute Gasteiger partial charge is 0.489 e. The number of nitrogens with zero attached hydrogens (tertiary/aromatic N) is 1. The van der Waals surface area contributed by atoms with Gasteiger partial charge in [-0.25, -0.2) is 0 Å². The molecule has 2 aromatic carbocycles. The molecule has 0 atom stereocenters. The Kier molecular flexibility index (Phi) is 4.77. The van der Waals surface area contributed by atoms with Gasteiger partial charge < -0.3 is 10.1 Å². The molecule has 110 valence electrons. The molecule has 0 spiro atoms. The van der Waals surface area contributed by atoms with Gasteiger partial charge in [-0.1, -0.05) is 17.7 Å². The molecule has 0 aliphatic rings. The summed E-state index contributed by atoms with van der Waals surface area (Å²) >= 11 is 0. The number of nitrogens with one attached hydrogen (secondary N) is 1. The van der Waals surface area contributed by atoms with Crippen molar-refractivity contribution in [2.75, 3.05) is 11.9 Å². The summed E-state index contributed by atoms with van der Waals surface area (Å²) in [5.74, 6) is 0.745. The highest BCUT2D eigenvalue weighted by Gasteiger charge is 2.11. The van der Waals surface area contributed by atoms with Gasteiger partial charge in [-0.15, -0.1) is 0 Å². The maximum Gasteiger partial charge on any atom is 0.269 e. The Hall–Kier alpha value is -2.56. The van der Waals surface area contributed by atoms with E-state index in [9.17, 15) is 10.1 Å². The molecule has 2 aromatic rings. The van der Waals surface area contributed by atoms with Gasteiger partial charge in [0.25, 0.3) is 5.69 Å². The van der Waals surface area contributed by atoms with Crippen LogP contribution >= 0.6 is 0 Å². The van der Waals surface area contributed by atoms with Crippen LogP contribution in [-0.2, 0) is 6.61 Å². The summed E-state index contributed by atoms with van der Waals surface area (Å²) in [6.45, 7) is 5.02. The van der Waals surface area contributed by atoms with Crippen molar-refractivity contribution in [3.63, 3.8) is 0 Å². The number of aryl methyl sites for hydroxylation is 1. The van der Waals surface area contributed by atoms with Crippen LogP contribution in [0.25, 0.3) is 0 Å². The van der Waals surface area contributed by atoms with E-state index in [1.54, 1.807) is 12.1 Å². The zero-order chi connectivity index (χ0) is 15.2. The number of nitro benzene ring substituents is 1. The first-order chi connectivity index (χ1) is 10.1. The highest BCUT2D eigenvalue weighted by Crippen LogP contribution is 2.24. The molecule has 5 heteroatoms. The summed E-state index contributed by atoms with van der Waals surface area (Å²) in [5, 5.41) is 14.1. The molecule has 0 amide bonds. The third-order valence-electron chi connectivity index (χ3n) is 3.08. The fraction of sp³-hybridized carbons (Fsp3) is 0.250. The molecule has 0 aliphatic carbocycles. The monoisotopic (exact) mass is 286 g/mol. The molecule has 0 heterocycles. The number of hydrogen-bond donors (Lipinski definition) is 1. The van der Waals surface area contributed by atoms with Crippen LogP contribution < -0.4 is 10.1 Å². The Balaban J connectivity index is 2.17.